The second-order valence-electron chi connectivity index (χ2n) is 5.99. The third-order valence-electron chi connectivity index (χ3n) is 4.13. The summed E-state index contributed by atoms with van der Waals surface area (Å²) in [4.78, 5) is 35.2. The van der Waals surface area contributed by atoms with Crippen LogP contribution >= 0.6 is 0 Å². The monoisotopic (exact) mass is 360 g/mol. The van der Waals surface area contributed by atoms with Crippen LogP contribution in [-0.4, -0.2) is 42.5 Å². The second kappa shape index (κ2) is 5.96. The number of carbonyl (C=O) groups excluding carboxylic acids is 3. The van der Waals surface area contributed by atoms with E-state index in [1.807, 2.05) is 0 Å². The maximum atomic E-state index is 12.4. The molecule has 1 amide bonds. The number of carbonyl (C=O) groups is 3. The van der Waals surface area contributed by atoms with E-state index >= 15 is 0 Å². The minimum Gasteiger partial charge on any atom is -0.326 e. The Morgan fingerprint density at radius 1 is 1.16 bits per heavy atom. The summed E-state index contributed by atoms with van der Waals surface area (Å²) in [5, 5.41) is 2.63. The van der Waals surface area contributed by atoms with Crippen molar-refractivity contribution in [1.82, 2.24) is 4.31 Å². The Morgan fingerprint density at radius 2 is 1.80 bits per heavy atom. The maximum absolute atomic E-state index is 12.4. The minimum atomic E-state index is -3.59. The first-order valence-corrected chi connectivity index (χ1v) is 9.38. The number of Topliss-reactive ketones (excluding diaryl/α,β-unsaturated/α-hetero) is 1. The van der Waals surface area contributed by atoms with Crippen molar-refractivity contribution < 1.29 is 22.8 Å². The van der Waals surface area contributed by atoms with Crippen molar-refractivity contribution in [1.29, 1.82) is 0 Å². The first-order valence-electron chi connectivity index (χ1n) is 7.53. The average Bonchev–Trinajstić information content (AvgIpc) is 2.91. The van der Waals surface area contributed by atoms with Gasteiger partial charge in [-0.1, -0.05) is 18.2 Å². The van der Waals surface area contributed by atoms with Crippen molar-refractivity contribution in [2.45, 2.75) is 13.0 Å². The van der Waals surface area contributed by atoms with E-state index in [-0.39, 0.29) is 5.91 Å². The smallest absolute Gasteiger partial charge is 0.232 e. The van der Waals surface area contributed by atoms with Crippen molar-refractivity contribution in [3.8, 4) is 0 Å². The molecule has 0 saturated heterocycles. The average molecular weight is 360 g/mol. The Bertz CT molecular complexity index is 928. The summed E-state index contributed by atoms with van der Waals surface area (Å²) in [6, 6.07) is 5.93. The van der Waals surface area contributed by atoms with E-state index in [4.69, 9.17) is 0 Å². The molecule has 2 aliphatic rings. The molecule has 2 unspecified atom stereocenters. The number of allylic oxidation sites excluding steroid dienone is 1. The summed E-state index contributed by atoms with van der Waals surface area (Å²) in [6.07, 6.45) is 5.03. The van der Waals surface area contributed by atoms with E-state index in [1.165, 1.54) is 19.2 Å². The number of rotatable bonds is 3. The number of ketones is 2. The van der Waals surface area contributed by atoms with Crippen LogP contribution in [0.1, 0.15) is 12.5 Å². The van der Waals surface area contributed by atoms with Crippen LogP contribution in [0, 0.1) is 5.92 Å². The van der Waals surface area contributed by atoms with Gasteiger partial charge in [0.2, 0.25) is 27.5 Å². The highest BCUT2D eigenvalue weighted by Crippen LogP contribution is 2.40. The van der Waals surface area contributed by atoms with Gasteiger partial charge >= 0.3 is 0 Å². The molecule has 7 nitrogen and oxygen atoms in total. The number of amides is 1. The molecule has 1 aliphatic carbocycles. The Morgan fingerprint density at radius 3 is 2.36 bits per heavy atom. The Kier molecular flexibility index (Phi) is 4.08. The Balaban J connectivity index is 2.04. The van der Waals surface area contributed by atoms with Crippen LogP contribution in [0.25, 0.3) is 5.57 Å². The lowest BCUT2D eigenvalue weighted by molar-refractivity contribution is -0.136. The molecule has 0 spiro atoms. The van der Waals surface area contributed by atoms with Gasteiger partial charge in [0.25, 0.3) is 0 Å². The lowest BCUT2D eigenvalue weighted by Crippen LogP contribution is -2.42. The lowest BCUT2D eigenvalue weighted by atomic mass is 9.82. The summed E-state index contributed by atoms with van der Waals surface area (Å²) in [7, 11) is -3.59. The van der Waals surface area contributed by atoms with Crippen LogP contribution in [0.15, 0.2) is 42.6 Å². The molecule has 1 heterocycles. The zero-order valence-corrected chi connectivity index (χ0v) is 14.4. The van der Waals surface area contributed by atoms with Crippen LogP contribution in [0.2, 0.25) is 0 Å². The first kappa shape index (κ1) is 17.1. The topological polar surface area (TPSA) is 101 Å². The molecule has 130 valence electrons. The van der Waals surface area contributed by atoms with E-state index in [2.05, 4.69) is 5.32 Å². The van der Waals surface area contributed by atoms with Gasteiger partial charge in [-0.15, -0.1) is 0 Å². The van der Waals surface area contributed by atoms with Gasteiger partial charge < -0.3 is 5.32 Å². The predicted octanol–water partition coefficient (Wildman–Crippen LogP) is 0.954. The molecular formula is C17H16N2O5S. The Hall–Kier alpha value is -2.74. The van der Waals surface area contributed by atoms with Gasteiger partial charge in [-0.05, 0) is 29.3 Å². The number of benzene rings is 1. The van der Waals surface area contributed by atoms with Crippen molar-refractivity contribution in [2.24, 2.45) is 5.92 Å². The summed E-state index contributed by atoms with van der Waals surface area (Å²) in [5.74, 6) is -2.35. The minimum absolute atomic E-state index is 0.214. The summed E-state index contributed by atoms with van der Waals surface area (Å²) >= 11 is 0. The number of hydrogen-bond donors (Lipinski definition) is 1. The molecule has 0 bridgehead atoms. The van der Waals surface area contributed by atoms with Gasteiger partial charge in [0.05, 0.1) is 18.2 Å². The van der Waals surface area contributed by atoms with Gasteiger partial charge in [0.15, 0.2) is 0 Å². The van der Waals surface area contributed by atoms with E-state index < -0.39 is 33.5 Å². The lowest BCUT2D eigenvalue weighted by Gasteiger charge is -2.27. The highest BCUT2D eigenvalue weighted by Gasteiger charge is 2.46. The van der Waals surface area contributed by atoms with Crippen molar-refractivity contribution in [3.05, 3.63) is 48.2 Å². The number of hydrogen-bond acceptors (Lipinski definition) is 5. The predicted molar refractivity (Wildman–Crippen MR) is 91.8 cm³/mol. The quantitative estimate of drug-likeness (QED) is 0.809. The SMILES string of the molecule is CC(=O)Nc1ccc(C2=CN(S(C)(=O)=O)C3C=CC(=O)C(=O)C23)cc1. The Labute approximate surface area is 145 Å². The molecule has 8 heteroatoms. The molecule has 0 saturated carbocycles. The summed E-state index contributed by atoms with van der Waals surface area (Å²) in [6.45, 7) is 1.39. The van der Waals surface area contributed by atoms with Crippen LogP contribution in [0.4, 0.5) is 5.69 Å². The van der Waals surface area contributed by atoms with E-state index in [0.717, 1.165) is 16.6 Å². The molecule has 0 radical (unpaired) electrons. The van der Waals surface area contributed by atoms with Crippen LogP contribution in [0.3, 0.4) is 0 Å². The first-order chi connectivity index (χ1) is 11.7. The highest BCUT2D eigenvalue weighted by atomic mass is 32.2. The number of nitrogens with one attached hydrogen (secondary N) is 1. The van der Waals surface area contributed by atoms with Crippen LogP contribution < -0.4 is 5.32 Å². The summed E-state index contributed by atoms with van der Waals surface area (Å²) in [5.41, 5.74) is 1.66. The number of fused-ring (bicyclic) bond motifs is 1. The van der Waals surface area contributed by atoms with Crippen molar-refractivity contribution in [2.75, 3.05) is 11.6 Å². The molecule has 2 atom stereocenters. The zero-order chi connectivity index (χ0) is 18.4. The van der Waals surface area contributed by atoms with E-state index in [1.54, 1.807) is 24.3 Å². The standard InChI is InChI=1S/C17H16N2O5S/c1-10(20)18-12-5-3-11(4-6-12)13-9-19(25(2,23)24)14-7-8-15(21)17(22)16(13)14/h3-9,14,16H,1-2H3,(H,18,20). The van der Waals surface area contributed by atoms with E-state index in [0.29, 0.717) is 16.8 Å². The molecule has 1 aromatic carbocycles. The van der Waals surface area contributed by atoms with Crippen LogP contribution in [-0.2, 0) is 24.4 Å². The highest BCUT2D eigenvalue weighted by molar-refractivity contribution is 7.88. The van der Waals surface area contributed by atoms with Crippen LogP contribution in [0.5, 0.6) is 0 Å². The second-order valence-corrected chi connectivity index (χ2v) is 7.88. The van der Waals surface area contributed by atoms with Gasteiger partial charge in [0, 0.05) is 18.8 Å². The maximum Gasteiger partial charge on any atom is 0.232 e. The summed E-state index contributed by atoms with van der Waals surface area (Å²) < 4.78 is 25.2. The third kappa shape index (κ3) is 3.12. The third-order valence-corrected chi connectivity index (χ3v) is 5.24. The molecule has 1 aromatic rings. The van der Waals surface area contributed by atoms with Gasteiger partial charge in [-0.25, -0.2) is 8.42 Å². The molecule has 0 fully saturated rings. The van der Waals surface area contributed by atoms with Gasteiger partial charge in [0.1, 0.15) is 0 Å². The molecule has 3 rings (SSSR count). The molecular weight excluding hydrogens is 344 g/mol. The fourth-order valence-electron chi connectivity index (χ4n) is 3.07. The van der Waals surface area contributed by atoms with E-state index in [9.17, 15) is 22.8 Å². The molecule has 1 aliphatic heterocycles. The van der Waals surface area contributed by atoms with Gasteiger partial charge in [-0.3, -0.25) is 18.7 Å². The largest absolute Gasteiger partial charge is 0.326 e. The molecule has 1 N–H and O–H groups in total. The number of anilines is 1. The van der Waals surface area contributed by atoms with Crippen molar-refractivity contribution >= 4 is 38.8 Å². The molecule has 0 aromatic heterocycles. The van der Waals surface area contributed by atoms with Crippen molar-refractivity contribution in [3.63, 3.8) is 0 Å². The fraction of sp³-hybridized carbons (Fsp3) is 0.235. The zero-order valence-electron chi connectivity index (χ0n) is 13.6. The fourth-order valence-corrected chi connectivity index (χ4v) is 4.01. The number of nitrogens with zero attached hydrogens (tertiary/aromatic N) is 1. The van der Waals surface area contributed by atoms with Gasteiger partial charge in [-0.2, -0.15) is 0 Å². The molecule has 25 heavy (non-hydrogen) atoms. The normalized spacial score (nSPS) is 22.6. The number of sulfonamides is 1.